The van der Waals surface area contributed by atoms with E-state index in [1.54, 1.807) is 12.7 Å². The summed E-state index contributed by atoms with van der Waals surface area (Å²) >= 11 is 0. The first kappa shape index (κ1) is 8.41. The molecule has 0 bridgehead atoms. The molecule has 1 aliphatic rings. The molecule has 0 unspecified atom stereocenters. The molecule has 1 aromatic carbocycles. The number of aromatic nitrogens is 3. The molecule has 74 valence electrons. The second kappa shape index (κ2) is 3.05. The van der Waals surface area contributed by atoms with Crippen LogP contribution in [0, 0.1) is 0 Å². The molecule has 0 saturated heterocycles. The number of fused-ring (bicyclic) bond motifs is 1. The summed E-state index contributed by atoms with van der Waals surface area (Å²) in [6, 6.07) is 6.36. The van der Waals surface area contributed by atoms with Gasteiger partial charge in [-0.1, -0.05) is 23.8 Å². The molecule has 0 saturated carbocycles. The number of hydrogen-bond donors (Lipinski definition) is 0. The average Bonchev–Trinajstić information content (AvgIpc) is 2.82. The molecule has 0 amide bonds. The molecule has 3 heteroatoms. The van der Waals surface area contributed by atoms with Crippen LogP contribution in [0.1, 0.15) is 18.1 Å². The highest BCUT2D eigenvalue weighted by molar-refractivity contribution is 5.70. The van der Waals surface area contributed by atoms with Gasteiger partial charge >= 0.3 is 0 Å². The lowest BCUT2D eigenvalue weighted by Crippen LogP contribution is -1.95. The molecule has 0 radical (unpaired) electrons. The van der Waals surface area contributed by atoms with E-state index in [0.29, 0.717) is 0 Å². The molecule has 0 atom stereocenters. The van der Waals surface area contributed by atoms with Gasteiger partial charge in [-0.15, -0.1) is 10.2 Å². The van der Waals surface area contributed by atoms with Gasteiger partial charge in [-0.3, -0.25) is 4.57 Å². The monoisotopic (exact) mass is 197 g/mol. The predicted molar refractivity (Wildman–Crippen MR) is 58.7 cm³/mol. The number of rotatable bonds is 1. The first-order valence-electron chi connectivity index (χ1n) is 4.98. The van der Waals surface area contributed by atoms with E-state index in [9.17, 15) is 0 Å². The van der Waals surface area contributed by atoms with Crippen molar-refractivity contribution in [1.29, 1.82) is 0 Å². The molecule has 15 heavy (non-hydrogen) atoms. The van der Waals surface area contributed by atoms with Crippen molar-refractivity contribution in [3.05, 3.63) is 47.6 Å². The van der Waals surface area contributed by atoms with Crippen molar-refractivity contribution < 1.29 is 0 Å². The van der Waals surface area contributed by atoms with Gasteiger partial charge in [0.1, 0.15) is 12.7 Å². The molecule has 0 fully saturated rings. The Morgan fingerprint density at radius 1 is 1.20 bits per heavy atom. The predicted octanol–water partition coefficient (Wildman–Crippen LogP) is 2.23. The second-order valence-electron chi connectivity index (χ2n) is 3.89. The van der Waals surface area contributed by atoms with E-state index in [1.807, 2.05) is 4.57 Å². The van der Waals surface area contributed by atoms with Gasteiger partial charge < -0.3 is 0 Å². The fraction of sp³-hybridized carbons (Fsp3) is 0.167. The number of nitrogens with zero attached hydrogens (tertiary/aromatic N) is 3. The molecule has 3 rings (SSSR count). The van der Waals surface area contributed by atoms with Crippen molar-refractivity contribution in [2.24, 2.45) is 0 Å². The van der Waals surface area contributed by atoms with Gasteiger partial charge in [-0.2, -0.15) is 0 Å². The lowest BCUT2D eigenvalue weighted by molar-refractivity contribution is 1.04. The third-order valence-electron chi connectivity index (χ3n) is 2.73. The minimum absolute atomic E-state index is 1.06. The zero-order valence-corrected chi connectivity index (χ0v) is 8.51. The Hall–Kier alpha value is -1.90. The Labute approximate surface area is 88.1 Å². The largest absolute Gasteiger partial charge is 0.288 e. The van der Waals surface area contributed by atoms with E-state index in [4.69, 9.17) is 0 Å². The van der Waals surface area contributed by atoms with Crippen molar-refractivity contribution in [3.8, 4) is 5.69 Å². The molecule has 1 heterocycles. The van der Waals surface area contributed by atoms with Crippen LogP contribution < -0.4 is 0 Å². The third-order valence-corrected chi connectivity index (χ3v) is 2.73. The van der Waals surface area contributed by atoms with Gasteiger partial charge in [0.25, 0.3) is 0 Å². The van der Waals surface area contributed by atoms with Crippen LogP contribution in [-0.2, 0) is 6.42 Å². The fourth-order valence-electron chi connectivity index (χ4n) is 2.07. The first-order valence-corrected chi connectivity index (χ1v) is 4.98. The normalized spacial score (nSPS) is 13.8. The lowest BCUT2D eigenvalue weighted by Gasteiger charge is -2.06. The minimum Gasteiger partial charge on any atom is -0.288 e. The fourth-order valence-corrected chi connectivity index (χ4v) is 2.07. The summed E-state index contributed by atoms with van der Waals surface area (Å²) in [5.74, 6) is 0. The van der Waals surface area contributed by atoms with E-state index in [2.05, 4.69) is 41.4 Å². The smallest absolute Gasteiger partial charge is 0.123 e. The van der Waals surface area contributed by atoms with Crippen molar-refractivity contribution in [2.45, 2.75) is 13.3 Å². The van der Waals surface area contributed by atoms with Crippen molar-refractivity contribution in [2.75, 3.05) is 0 Å². The zero-order valence-electron chi connectivity index (χ0n) is 8.51. The summed E-state index contributed by atoms with van der Waals surface area (Å²) in [7, 11) is 0. The maximum atomic E-state index is 3.84. The summed E-state index contributed by atoms with van der Waals surface area (Å²) in [4.78, 5) is 0. The molecule has 2 aromatic rings. The van der Waals surface area contributed by atoms with E-state index in [1.165, 1.54) is 16.7 Å². The van der Waals surface area contributed by atoms with Crippen LogP contribution in [0.5, 0.6) is 0 Å². The van der Waals surface area contributed by atoms with Crippen molar-refractivity contribution >= 4 is 6.08 Å². The molecular formula is C12H11N3. The van der Waals surface area contributed by atoms with Crippen LogP contribution in [0.2, 0.25) is 0 Å². The molecular weight excluding hydrogens is 186 g/mol. The maximum Gasteiger partial charge on any atom is 0.123 e. The van der Waals surface area contributed by atoms with E-state index < -0.39 is 0 Å². The quantitative estimate of drug-likeness (QED) is 0.701. The standard InChI is InChI=1S/C12H11N3/c1-9-5-10-3-2-4-12(11(10)6-9)15-7-13-14-8-15/h2-4,6-8H,5H2,1H3. The first-order chi connectivity index (χ1) is 7.34. The van der Waals surface area contributed by atoms with Crippen LogP contribution in [-0.4, -0.2) is 14.8 Å². The van der Waals surface area contributed by atoms with Gasteiger partial charge in [0.15, 0.2) is 0 Å². The average molecular weight is 197 g/mol. The molecule has 3 nitrogen and oxygen atoms in total. The number of allylic oxidation sites excluding steroid dienone is 1. The lowest BCUT2D eigenvalue weighted by atomic mass is 10.1. The van der Waals surface area contributed by atoms with Crippen LogP contribution in [0.3, 0.4) is 0 Å². The topological polar surface area (TPSA) is 30.7 Å². The number of benzene rings is 1. The Balaban J connectivity index is 2.22. The summed E-state index contributed by atoms with van der Waals surface area (Å²) in [5, 5.41) is 7.67. The van der Waals surface area contributed by atoms with Gasteiger partial charge in [0, 0.05) is 5.56 Å². The van der Waals surface area contributed by atoms with E-state index in [-0.39, 0.29) is 0 Å². The highest BCUT2D eigenvalue weighted by atomic mass is 15.2. The third kappa shape index (κ3) is 1.28. The van der Waals surface area contributed by atoms with E-state index >= 15 is 0 Å². The molecule has 1 aliphatic carbocycles. The molecule has 0 N–H and O–H groups in total. The Morgan fingerprint density at radius 2 is 2.00 bits per heavy atom. The Bertz CT molecular complexity index is 524. The molecule has 1 aromatic heterocycles. The van der Waals surface area contributed by atoms with Gasteiger partial charge in [-0.05, 0) is 25.0 Å². The van der Waals surface area contributed by atoms with Crippen molar-refractivity contribution in [3.63, 3.8) is 0 Å². The maximum absolute atomic E-state index is 3.84. The van der Waals surface area contributed by atoms with Crippen LogP contribution >= 0.6 is 0 Å². The Morgan fingerprint density at radius 3 is 2.80 bits per heavy atom. The summed E-state index contributed by atoms with van der Waals surface area (Å²) in [6.07, 6.45) is 6.77. The highest BCUT2D eigenvalue weighted by Gasteiger charge is 2.13. The van der Waals surface area contributed by atoms with Crippen molar-refractivity contribution in [1.82, 2.24) is 14.8 Å². The minimum atomic E-state index is 1.06. The summed E-state index contributed by atoms with van der Waals surface area (Å²) in [5.41, 5.74) is 5.26. The Kier molecular flexibility index (Phi) is 1.71. The summed E-state index contributed by atoms with van der Waals surface area (Å²) < 4.78 is 1.95. The zero-order chi connectivity index (χ0) is 10.3. The van der Waals surface area contributed by atoms with Gasteiger partial charge in [-0.25, -0.2) is 0 Å². The van der Waals surface area contributed by atoms with Gasteiger partial charge in [0.2, 0.25) is 0 Å². The molecule has 0 aliphatic heterocycles. The second-order valence-corrected chi connectivity index (χ2v) is 3.89. The molecule has 0 spiro atoms. The van der Waals surface area contributed by atoms with Crippen LogP contribution in [0.4, 0.5) is 0 Å². The summed E-state index contributed by atoms with van der Waals surface area (Å²) in [6.45, 7) is 2.16. The number of hydrogen-bond acceptors (Lipinski definition) is 2. The van der Waals surface area contributed by atoms with Gasteiger partial charge in [0.05, 0.1) is 5.69 Å². The van der Waals surface area contributed by atoms with Crippen LogP contribution in [0.25, 0.3) is 11.8 Å². The van der Waals surface area contributed by atoms with Crippen LogP contribution in [0.15, 0.2) is 36.4 Å². The highest BCUT2D eigenvalue weighted by Crippen LogP contribution is 2.29. The van der Waals surface area contributed by atoms with E-state index in [0.717, 1.165) is 12.1 Å². The SMILES string of the molecule is CC1=Cc2c(cccc2-n2cnnc2)C1.